The predicted octanol–water partition coefficient (Wildman–Crippen LogP) is 3.51. The van der Waals surface area contributed by atoms with Crippen molar-refractivity contribution in [3.63, 3.8) is 0 Å². The lowest BCUT2D eigenvalue weighted by Crippen LogP contribution is -2.12. The first-order chi connectivity index (χ1) is 10.7. The number of halogens is 1. The lowest BCUT2D eigenvalue weighted by molar-refractivity contribution is 0.102. The topological polar surface area (TPSA) is 59.3 Å². The van der Waals surface area contributed by atoms with Crippen LogP contribution in [-0.4, -0.2) is 20.5 Å². The number of amides is 1. The van der Waals surface area contributed by atoms with E-state index in [-0.39, 0.29) is 5.91 Å². The zero-order valence-corrected chi connectivity index (χ0v) is 12.4. The fraction of sp³-hybridized carbons (Fsp3) is 0.188. The van der Waals surface area contributed by atoms with Gasteiger partial charge >= 0.3 is 0 Å². The third kappa shape index (κ3) is 2.44. The number of fused-ring (bicyclic) bond motifs is 1. The molecule has 0 spiro atoms. The minimum Gasteiger partial charge on any atom is -0.321 e. The minimum atomic E-state index is -0.255. The number of carbonyl (C=O) groups excluding carboxylic acids is 1. The Morgan fingerprint density at radius 2 is 2.00 bits per heavy atom. The van der Waals surface area contributed by atoms with Crippen LogP contribution in [0.5, 0.6) is 0 Å². The number of nitrogens with zero attached hydrogens (tertiary/aromatic N) is 3. The Balaban J connectivity index is 1.64. The summed E-state index contributed by atoms with van der Waals surface area (Å²) in [5, 5.41) is 7.84. The SMILES string of the molecule is O=C(Nc1ccc(Cl)cc1)c1cc2nccc(C3CC3)n2n1. The van der Waals surface area contributed by atoms with Crippen LogP contribution in [0.1, 0.15) is 34.9 Å². The van der Waals surface area contributed by atoms with Gasteiger partial charge in [0.2, 0.25) is 0 Å². The van der Waals surface area contributed by atoms with Gasteiger partial charge < -0.3 is 5.32 Å². The maximum atomic E-state index is 12.3. The highest BCUT2D eigenvalue weighted by Gasteiger charge is 2.27. The molecule has 1 saturated carbocycles. The van der Waals surface area contributed by atoms with Crippen molar-refractivity contribution in [2.75, 3.05) is 5.32 Å². The Bertz CT molecular complexity index is 852. The van der Waals surface area contributed by atoms with Crippen LogP contribution in [-0.2, 0) is 0 Å². The summed E-state index contributed by atoms with van der Waals surface area (Å²) in [5.74, 6) is 0.284. The Morgan fingerprint density at radius 1 is 1.23 bits per heavy atom. The zero-order chi connectivity index (χ0) is 15.1. The Hall–Kier alpha value is -2.40. The monoisotopic (exact) mass is 312 g/mol. The highest BCUT2D eigenvalue weighted by molar-refractivity contribution is 6.30. The molecule has 1 fully saturated rings. The Kier molecular flexibility index (Phi) is 3.08. The van der Waals surface area contributed by atoms with Gasteiger partial charge in [-0.3, -0.25) is 4.79 Å². The number of benzene rings is 1. The summed E-state index contributed by atoms with van der Waals surface area (Å²) in [7, 11) is 0. The lowest BCUT2D eigenvalue weighted by Gasteiger charge is -2.03. The average molecular weight is 313 g/mol. The van der Waals surface area contributed by atoms with Crippen LogP contribution in [0.4, 0.5) is 5.69 Å². The van der Waals surface area contributed by atoms with Gasteiger partial charge in [0, 0.05) is 34.6 Å². The molecular formula is C16H13ClN4O. The van der Waals surface area contributed by atoms with Crippen molar-refractivity contribution >= 4 is 28.8 Å². The molecule has 3 aromatic rings. The van der Waals surface area contributed by atoms with Crippen molar-refractivity contribution in [2.24, 2.45) is 0 Å². The van der Waals surface area contributed by atoms with Crippen LogP contribution in [0.15, 0.2) is 42.6 Å². The molecular weight excluding hydrogens is 300 g/mol. The molecule has 2 heterocycles. The maximum absolute atomic E-state index is 12.3. The Labute approximate surface area is 131 Å². The van der Waals surface area contributed by atoms with Crippen LogP contribution in [0, 0.1) is 0 Å². The van der Waals surface area contributed by atoms with E-state index in [0.717, 1.165) is 5.69 Å². The van der Waals surface area contributed by atoms with Crippen molar-refractivity contribution in [2.45, 2.75) is 18.8 Å². The largest absolute Gasteiger partial charge is 0.321 e. The third-order valence-electron chi connectivity index (χ3n) is 3.72. The van der Waals surface area contributed by atoms with Gasteiger partial charge in [-0.15, -0.1) is 0 Å². The summed E-state index contributed by atoms with van der Waals surface area (Å²) in [5.41, 5.74) is 2.86. The molecule has 5 nitrogen and oxygen atoms in total. The number of nitrogens with one attached hydrogen (secondary N) is 1. The summed E-state index contributed by atoms with van der Waals surface area (Å²) in [4.78, 5) is 16.6. The predicted molar refractivity (Wildman–Crippen MR) is 84.4 cm³/mol. The first-order valence-electron chi connectivity index (χ1n) is 7.12. The molecule has 0 atom stereocenters. The fourth-order valence-corrected chi connectivity index (χ4v) is 2.57. The normalized spacial score (nSPS) is 14.2. The first-order valence-corrected chi connectivity index (χ1v) is 7.50. The Morgan fingerprint density at radius 3 is 2.73 bits per heavy atom. The molecule has 0 bridgehead atoms. The van der Waals surface area contributed by atoms with Crippen LogP contribution in [0.2, 0.25) is 5.02 Å². The highest BCUT2D eigenvalue weighted by Crippen LogP contribution is 2.39. The zero-order valence-electron chi connectivity index (χ0n) is 11.7. The number of hydrogen-bond acceptors (Lipinski definition) is 3. The van der Waals surface area contributed by atoms with E-state index in [9.17, 15) is 4.79 Å². The van der Waals surface area contributed by atoms with E-state index in [0.29, 0.717) is 28.0 Å². The standard InChI is InChI=1S/C16H13ClN4O/c17-11-3-5-12(6-4-11)19-16(22)13-9-15-18-8-7-14(10-1-2-10)21(15)20-13/h3-10H,1-2H2,(H,19,22). The molecule has 110 valence electrons. The number of carbonyl (C=O) groups is 1. The van der Waals surface area contributed by atoms with Crippen LogP contribution < -0.4 is 5.32 Å². The van der Waals surface area contributed by atoms with Gasteiger partial charge in [0.05, 0.1) is 0 Å². The van der Waals surface area contributed by atoms with Crippen molar-refractivity contribution in [1.82, 2.24) is 14.6 Å². The second kappa shape index (κ2) is 5.10. The van der Waals surface area contributed by atoms with E-state index in [1.165, 1.54) is 12.8 Å². The fourth-order valence-electron chi connectivity index (χ4n) is 2.44. The molecule has 0 radical (unpaired) electrons. The summed E-state index contributed by atoms with van der Waals surface area (Å²) in [6, 6.07) is 10.6. The quantitative estimate of drug-likeness (QED) is 0.805. The van der Waals surface area contributed by atoms with E-state index in [2.05, 4.69) is 15.4 Å². The summed E-state index contributed by atoms with van der Waals surface area (Å²) < 4.78 is 1.77. The van der Waals surface area contributed by atoms with Crippen LogP contribution in [0.3, 0.4) is 0 Å². The molecule has 1 aromatic carbocycles. The molecule has 1 amide bonds. The molecule has 0 unspecified atom stereocenters. The van der Waals surface area contributed by atoms with E-state index < -0.39 is 0 Å². The van der Waals surface area contributed by atoms with Crippen molar-refractivity contribution < 1.29 is 4.79 Å². The second-order valence-corrected chi connectivity index (χ2v) is 5.84. The molecule has 4 rings (SSSR count). The van der Waals surface area contributed by atoms with E-state index >= 15 is 0 Å². The van der Waals surface area contributed by atoms with Gasteiger partial charge in [0.1, 0.15) is 0 Å². The van der Waals surface area contributed by atoms with E-state index in [4.69, 9.17) is 11.6 Å². The summed E-state index contributed by atoms with van der Waals surface area (Å²) in [6.07, 6.45) is 4.11. The average Bonchev–Trinajstić information content (AvgIpc) is 3.26. The smallest absolute Gasteiger partial charge is 0.276 e. The van der Waals surface area contributed by atoms with Crippen molar-refractivity contribution in [1.29, 1.82) is 0 Å². The molecule has 6 heteroatoms. The van der Waals surface area contributed by atoms with E-state index in [1.807, 2.05) is 6.07 Å². The lowest BCUT2D eigenvalue weighted by atomic mass is 10.3. The number of hydrogen-bond donors (Lipinski definition) is 1. The molecule has 1 aliphatic rings. The molecule has 0 saturated heterocycles. The van der Waals surface area contributed by atoms with E-state index in [1.54, 1.807) is 41.0 Å². The third-order valence-corrected chi connectivity index (χ3v) is 3.97. The molecule has 1 aliphatic carbocycles. The molecule has 0 aliphatic heterocycles. The highest BCUT2D eigenvalue weighted by atomic mass is 35.5. The van der Waals surface area contributed by atoms with Gasteiger partial charge in [0.15, 0.2) is 11.3 Å². The number of anilines is 1. The molecule has 22 heavy (non-hydrogen) atoms. The number of aromatic nitrogens is 3. The maximum Gasteiger partial charge on any atom is 0.276 e. The first kappa shape index (κ1) is 13.3. The summed E-state index contributed by atoms with van der Waals surface area (Å²) >= 11 is 5.83. The summed E-state index contributed by atoms with van der Waals surface area (Å²) in [6.45, 7) is 0. The second-order valence-electron chi connectivity index (χ2n) is 5.40. The van der Waals surface area contributed by atoms with Gasteiger partial charge in [-0.25, -0.2) is 9.50 Å². The van der Waals surface area contributed by atoms with Crippen LogP contribution in [0.25, 0.3) is 5.65 Å². The molecule has 1 N–H and O–H groups in total. The van der Waals surface area contributed by atoms with Gasteiger partial charge in [-0.1, -0.05) is 11.6 Å². The van der Waals surface area contributed by atoms with Crippen LogP contribution >= 0.6 is 11.6 Å². The van der Waals surface area contributed by atoms with Gasteiger partial charge in [0.25, 0.3) is 5.91 Å². The van der Waals surface area contributed by atoms with Gasteiger partial charge in [-0.2, -0.15) is 5.10 Å². The van der Waals surface area contributed by atoms with Crippen molar-refractivity contribution in [3.05, 3.63) is 59.0 Å². The number of rotatable bonds is 3. The minimum absolute atomic E-state index is 0.255. The van der Waals surface area contributed by atoms with Crippen molar-refractivity contribution in [3.8, 4) is 0 Å². The molecule has 2 aromatic heterocycles. The van der Waals surface area contributed by atoms with Gasteiger partial charge in [-0.05, 0) is 43.2 Å².